The molecule has 138 valence electrons. The highest BCUT2D eigenvalue weighted by atomic mass is 32.2. The van der Waals surface area contributed by atoms with Gasteiger partial charge in [0.1, 0.15) is 5.82 Å². The van der Waals surface area contributed by atoms with Crippen LogP contribution in [0.25, 0.3) is 0 Å². The van der Waals surface area contributed by atoms with Gasteiger partial charge in [-0.3, -0.25) is 4.79 Å². The molecule has 1 unspecified atom stereocenters. The number of aromatic nitrogens is 2. The third-order valence-electron chi connectivity index (χ3n) is 5.15. The lowest BCUT2D eigenvalue weighted by molar-refractivity contribution is -0.117. The van der Waals surface area contributed by atoms with E-state index in [2.05, 4.69) is 14.3 Å². The smallest absolute Gasteiger partial charge is 0.240 e. The van der Waals surface area contributed by atoms with Crippen LogP contribution < -0.4 is 9.62 Å². The first kappa shape index (κ1) is 17.2. The number of benzene rings is 1. The van der Waals surface area contributed by atoms with Crippen molar-refractivity contribution in [1.82, 2.24) is 14.3 Å². The topological polar surface area (TPSA) is 84.3 Å². The molecule has 0 spiro atoms. The highest BCUT2D eigenvalue weighted by Crippen LogP contribution is 2.23. The van der Waals surface area contributed by atoms with Crippen LogP contribution in [0, 0.1) is 5.92 Å². The van der Waals surface area contributed by atoms with Crippen LogP contribution in [0.5, 0.6) is 0 Å². The summed E-state index contributed by atoms with van der Waals surface area (Å²) in [5, 5.41) is 0. The minimum absolute atomic E-state index is 0.0920. The van der Waals surface area contributed by atoms with E-state index in [0.717, 1.165) is 37.3 Å². The molecule has 1 aromatic heterocycles. The van der Waals surface area contributed by atoms with E-state index >= 15 is 0 Å². The lowest BCUT2D eigenvalue weighted by atomic mass is 9.98. The molecule has 26 heavy (non-hydrogen) atoms. The number of amides is 1. The van der Waals surface area contributed by atoms with E-state index in [1.807, 2.05) is 6.20 Å². The fraction of sp³-hybridized carbons (Fsp3) is 0.444. The Morgan fingerprint density at radius 3 is 2.73 bits per heavy atom. The molecule has 4 rings (SSSR count). The largest absolute Gasteiger partial charge is 0.335 e. The number of carbonyl (C=O) groups is 1. The standard InChI is InChI=1S/C18H22N4O3S/c23-18-2-1-9-22(18)15-3-5-16(6-4-15)26(24,25)20-13-14-7-10-21-11-8-19-17(21)12-14/h3-6,8,11,14,20H,1-2,7,9-10,12-13H2. The Morgan fingerprint density at radius 2 is 2.00 bits per heavy atom. The molecular weight excluding hydrogens is 352 g/mol. The molecule has 2 aliphatic heterocycles. The van der Waals surface area contributed by atoms with E-state index in [-0.39, 0.29) is 16.7 Å². The van der Waals surface area contributed by atoms with Crippen molar-refractivity contribution in [3.8, 4) is 0 Å². The first-order chi connectivity index (χ1) is 12.5. The van der Waals surface area contributed by atoms with Gasteiger partial charge in [0.2, 0.25) is 15.9 Å². The van der Waals surface area contributed by atoms with Crippen LogP contribution in [-0.2, 0) is 27.8 Å². The summed E-state index contributed by atoms with van der Waals surface area (Å²) in [6.45, 7) is 1.97. The summed E-state index contributed by atoms with van der Waals surface area (Å²) in [5.74, 6) is 1.36. The summed E-state index contributed by atoms with van der Waals surface area (Å²) in [5.41, 5.74) is 0.755. The van der Waals surface area contributed by atoms with Gasteiger partial charge in [-0.25, -0.2) is 18.1 Å². The molecule has 0 radical (unpaired) electrons. The van der Waals surface area contributed by atoms with Crippen LogP contribution in [0.4, 0.5) is 5.69 Å². The highest BCUT2D eigenvalue weighted by Gasteiger charge is 2.24. The molecule has 0 bridgehead atoms. The van der Waals surface area contributed by atoms with Gasteiger partial charge in [-0.1, -0.05) is 0 Å². The van der Waals surface area contributed by atoms with E-state index in [9.17, 15) is 13.2 Å². The van der Waals surface area contributed by atoms with Crippen molar-refractivity contribution < 1.29 is 13.2 Å². The lowest BCUT2D eigenvalue weighted by Gasteiger charge is -2.23. The molecule has 0 aliphatic carbocycles. The Kier molecular flexibility index (Phi) is 4.54. The van der Waals surface area contributed by atoms with Crippen LogP contribution in [0.15, 0.2) is 41.6 Å². The van der Waals surface area contributed by atoms with E-state index < -0.39 is 10.0 Å². The fourth-order valence-electron chi connectivity index (χ4n) is 3.63. The first-order valence-electron chi connectivity index (χ1n) is 8.93. The first-order valence-corrected chi connectivity index (χ1v) is 10.4. The summed E-state index contributed by atoms with van der Waals surface area (Å²) in [4.78, 5) is 18.0. The number of nitrogens with one attached hydrogen (secondary N) is 1. The van der Waals surface area contributed by atoms with Crippen LogP contribution in [0.2, 0.25) is 0 Å². The second-order valence-corrected chi connectivity index (χ2v) is 8.66. The second-order valence-electron chi connectivity index (χ2n) is 6.89. The summed E-state index contributed by atoms with van der Waals surface area (Å²) in [6.07, 6.45) is 6.87. The van der Waals surface area contributed by atoms with Gasteiger partial charge in [0.25, 0.3) is 0 Å². The molecule has 2 aliphatic rings. The van der Waals surface area contributed by atoms with Crippen LogP contribution in [-0.4, -0.2) is 37.0 Å². The quantitative estimate of drug-likeness (QED) is 0.861. The zero-order chi connectivity index (χ0) is 18.1. The Morgan fingerprint density at radius 1 is 1.19 bits per heavy atom. The van der Waals surface area contributed by atoms with Crippen LogP contribution in [0.1, 0.15) is 25.1 Å². The molecule has 7 nitrogen and oxygen atoms in total. The minimum Gasteiger partial charge on any atom is -0.335 e. The molecule has 1 N–H and O–H groups in total. The number of nitrogens with zero attached hydrogens (tertiary/aromatic N) is 3. The molecule has 8 heteroatoms. The number of hydrogen-bond acceptors (Lipinski definition) is 4. The molecule has 1 fully saturated rings. The van der Waals surface area contributed by atoms with Crippen molar-refractivity contribution in [2.24, 2.45) is 5.92 Å². The van der Waals surface area contributed by atoms with Crippen molar-refractivity contribution in [2.75, 3.05) is 18.0 Å². The van der Waals surface area contributed by atoms with Crippen molar-refractivity contribution >= 4 is 21.6 Å². The SMILES string of the molecule is O=C1CCCN1c1ccc(S(=O)(=O)NCC2CCn3ccnc3C2)cc1. The molecular formula is C18H22N4O3S. The minimum atomic E-state index is -3.56. The second kappa shape index (κ2) is 6.85. The monoisotopic (exact) mass is 374 g/mol. The molecule has 3 heterocycles. The number of aryl methyl sites for hydroxylation is 1. The number of fused-ring (bicyclic) bond motifs is 1. The number of hydrogen-bond donors (Lipinski definition) is 1. The number of imidazole rings is 1. The van der Waals surface area contributed by atoms with E-state index in [4.69, 9.17) is 0 Å². The maximum absolute atomic E-state index is 12.6. The van der Waals surface area contributed by atoms with Gasteiger partial charge in [-0.05, 0) is 43.0 Å². The number of rotatable bonds is 5. The maximum Gasteiger partial charge on any atom is 0.240 e. The average Bonchev–Trinajstić information content (AvgIpc) is 3.28. The Bertz CT molecular complexity index is 905. The third-order valence-corrected chi connectivity index (χ3v) is 6.58. The van der Waals surface area contributed by atoms with Gasteiger partial charge in [-0.2, -0.15) is 0 Å². The summed E-state index contributed by atoms with van der Waals surface area (Å²) in [7, 11) is -3.56. The summed E-state index contributed by atoms with van der Waals surface area (Å²) < 4.78 is 29.9. The predicted molar refractivity (Wildman–Crippen MR) is 97.3 cm³/mol. The van der Waals surface area contributed by atoms with Crippen LogP contribution in [0.3, 0.4) is 0 Å². The van der Waals surface area contributed by atoms with Gasteiger partial charge in [0, 0.05) is 50.6 Å². The van der Waals surface area contributed by atoms with Crippen molar-refractivity contribution in [3.63, 3.8) is 0 Å². The summed E-state index contributed by atoms with van der Waals surface area (Å²) >= 11 is 0. The molecule has 0 saturated carbocycles. The molecule has 1 saturated heterocycles. The number of sulfonamides is 1. The third kappa shape index (κ3) is 3.39. The summed E-state index contributed by atoms with van der Waals surface area (Å²) in [6, 6.07) is 6.54. The van der Waals surface area contributed by atoms with E-state index in [1.165, 1.54) is 0 Å². The van der Waals surface area contributed by atoms with E-state index in [0.29, 0.717) is 19.5 Å². The van der Waals surface area contributed by atoms with Gasteiger partial charge < -0.3 is 9.47 Å². The van der Waals surface area contributed by atoms with Crippen molar-refractivity contribution in [1.29, 1.82) is 0 Å². The molecule has 2 aromatic rings. The average molecular weight is 374 g/mol. The molecule has 1 aromatic carbocycles. The zero-order valence-electron chi connectivity index (χ0n) is 14.5. The Labute approximate surface area is 153 Å². The normalized spacial score (nSPS) is 20.4. The lowest BCUT2D eigenvalue weighted by Crippen LogP contribution is -2.33. The van der Waals surface area contributed by atoms with Crippen LogP contribution >= 0.6 is 0 Å². The van der Waals surface area contributed by atoms with Crippen molar-refractivity contribution in [3.05, 3.63) is 42.5 Å². The zero-order valence-corrected chi connectivity index (χ0v) is 15.3. The van der Waals surface area contributed by atoms with Gasteiger partial charge in [0.15, 0.2) is 0 Å². The fourth-order valence-corrected chi connectivity index (χ4v) is 4.74. The predicted octanol–water partition coefficient (Wildman–Crippen LogP) is 1.55. The van der Waals surface area contributed by atoms with Gasteiger partial charge in [-0.15, -0.1) is 0 Å². The molecule has 1 amide bonds. The molecule has 1 atom stereocenters. The van der Waals surface area contributed by atoms with Gasteiger partial charge >= 0.3 is 0 Å². The van der Waals surface area contributed by atoms with E-state index in [1.54, 1.807) is 35.4 Å². The highest BCUT2D eigenvalue weighted by molar-refractivity contribution is 7.89. The Balaban J connectivity index is 1.40. The number of carbonyl (C=O) groups excluding carboxylic acids is 1. The van der Waals surface area contributed by atoms with Gasteiger partial charge in [0.05, 0.1) is 4.90 Å². The van der Waals surface area contributed by atoms with Crippen molar-refractivity contribution in [2.45, 2.75) is 37.1 Å². The maximum atomic E-state index is 12.6. The Hall–Kier alpha value is -2.19. The number of anilines is 1.